The fourth-order valence-corrected chi connectivity index (χ4v) is 5.02. The molecule has 7 nitrogen and oxygen atoms in total. The maximum absolute atomic E-state index is 13.0. The van der Waals surface area contributed by atoms with Gasteiger partial charge in [0.1, 0.15) is 18.0 Å². The standard InChI is InChI=1S/C21H26N2O5S/c1-16(24)17-5-4-6-20(14-17)29(25,26)23-11-9-22(10-12-23)15-18-13-19(27-2)7-8-21(18)28-3/h4-8,13-14H,9-12,15H2,1-3H3/p+1. The second-order valence-electron chi connectivity index (χ2n) is 7.09. The number of piperazine rings is 1. The number of carbonyl (C=O) groups excluding carboxylic acids is 1. The fourth-order valence-electron chi connectivity index (χ4n) is 3.53. The molecular weight excluding hydrogens is 392 g/mol. The van der Waals surface area contributed by atoms with Crippen LogP contribution in [-0.2, 0) is 16.6 Å². The molecule has 0 amide bonds. The van der Waals surface area contributed by atoms with Crippen molar-refractivity contribution in [1.82, 2.24) is 4.31 Å². The summed E-state index contributed by atoms with van der Waals surface area (Å²) in [6.45, 7) is 4.38. The zero-order chi connectivity index (χ0) is 21.0. The van der Waals surface area contributed by atoms with Gasteiger partial charge in [-0.15, -0.1) is 0 Å². The van der Waals surface area contributed by atoms with Crippen molar-refractivity contribution in [3.63, 3.8) is 0 Å². The summed E-state index contributed by atoms with van der Waals surface area (Å²) >= 11 is 0. The molecule has 0 aliphatic carbocycles. The van der Waals surface area contributed by atoms with Gasteiger partial charge in [0.25, 0.3) is 0 Å². The van der Waals surface area contributed by atoms with Crippen molar-refractivity contribution in [3.05, 3.63) is 53.6 Å². The second-order valence-corrected chi connectivity index (χ2v) is 9.03. The van der Waals surface area contributed by atoms with Gasteiger partial charge in [0, 0.05) is 5.56 Å². The van der Waals surface area contributed by atoms with Gasteiger partial charge in [-0.05, 0) is 37.3 Å². The van der Waals surface area contributed by atoms with E-state index in [0.29, 0.717) is 31.7 Å². The van der Waals surface area contributed by atoms with Crippen LogP contribution in [-0.4, -0.2) is 58.9 Å². The van der Waals surface area contributed by atoms with Crippen molar-refractivity contribution < 1.29 is 27.6 Å². The molecule has 0 bridgehead atoms. The molecule has 8 heteroatoms. The van der Waals surface area contributed by atoms with Crippen LogP contribution in [0.25, 0.3) is 0 Å². The van der Waals surface area contributed by atoms with E-state index >= 15 is 0 Å². The van der Waals surface area contributed by atoms with E-state index in [1.165, 1.54) is 22.2 Å². The van der Waals surface area contributed by atoms with E-state index < -0.39 is 10.0 Å². The zero-order valence-corrected chi connectivity index (χ0v) is 17.8. The largest absolute Gasteiger partial charge is 0.497 e. The summed E-state index contributed by atoms with van der Waals surface area (Å²) in [5.74, 6) is 1.42. The maximum atomic E-state index is 13.0. The first-order valence-electron chi connectivity index (χ1n) is 9.50. The van der Waals surface area contributed by atoms with Gasteiger partial charge in [-0.25, -0.2) is 8.42 Å². The Morgan fingerprint density at radius 2 is 1.79 bits per heavy atom. The summed E-state index contributed by atoms with van der Waals surface area (Å²) in [5.41, 5.74) is 1.44. The number of carbonyl (C=O) groups is 1. The van der Waals surface area contributed by atoms with Crippen LogP contribution in [0.15, 0.2) is 47.4 Å². The van der Waals surface area contributed by atoms with Crippen LogP contribution in [0.5, 0.6) is 11.5 Å². The average molecular weight is 420 g/mol. The number of nitrogens with one attached hydrogen (secondary N) is 1. The van der Waals surface area contributed by atoms with Gasteiger partial charge in [0.05, 0.1) is 50.9 Å². The monoisotopic (exact) mass is 419 g/mol. The van der Waals surface area contributed by atoms with Crippen LogP contribution in [0.1, 0.15) is 22.8 Å². The lowest BCUT2D eigenvalue weighted by Gasteiger charge is -2.31. The number of nitrogens with zero attached hydrogens (tertiary/aromatic N) is 1. The Morgan fingerprint density at radius 1 is 1.07 bits per heavy atom. The summed E-state index contributed by atoms with van der Waals surface area (Å²) in [4.78, 5) is 13.0. The van der Waals surface area contributed by atoms with E-state index in [0.717, 1.165) is 23.6 Å². The van der Waals surface area contributed by atoms with Crippen LogP contribution in [0.2, 0.25) is 0 Å². The molecule has 0 atom stereocenters. The van der Waals surface area contributed by atoms with Gasteiger partial charge in [0.2, 0.25) is 10.0 Å². The molecule has 0 unspecified atom stereocenters. The third kappa shape index (κ3) is 4.77. The smallest absolute Gasteiger partial charge is 0.243 e. The average Bonchev–Trinajstić information content (AvgIpc) is 2.74. The molecule has 156 valence electrons. The number of quaternary nitrogens is 1. The molecule has 1 N–H and O–H groups in total. The van der Waals surface area contributed by atoms with E-state index in [-0.39, 0.29) is 10.7 Å². The van der Waals surface area contributed by atoms with E-state index in [4.69, 9.17) is 9.47 Å². The van der Waals surface area contributed by atoms with E-state index in [9.17, 15) is 13.2 Å². The first-order valence-corrected chi connectivity index (χ1v) is 10.9. The molecule has 0 radical (unpaired) electrons. The van der Waals surface area contributed by atoms with Crippen molar-refractivity contribution in [2.75, 3.05) is 40.4 Å². The van der Waals surface area contributed by atoms with Crippen molar-refractivity contribution in [3.8, 4) is 11.5 Å². The van der Waals surface area contributed by atoms with Crippen LogP contribution in [0.3, 0.4) is 0 Å². The Labute approximate surface area is 171 Å². The first-order chi connectivity index (χ1) is 13.8. The molecule has 1 aliphatic heterocycles. The summed E-state index contributed by atoms with van der Waals surface area (Å²) in [7, 11) is -0.347. The normalized spacial score (nSPS) is 15.8. The predicted octanol–water partition coefficient (Wildman–Crippen LogP) is 0.996. The van der Waals surface area contributed by atoms with E-state index in [2.05, 4.69) is 0 Å². The molecule has 0 saturated carbocycles. The number of benzene rings is 2. The van der Waals surface area contributed by atoms with Crippen molar-refractivity contribution in [2.45, 2.75) is 18.4 Å². The summed E-state index contributed by atoms with van der Waals surface area (Å²) in [6.07, 6.45) is 0. The van der Waals surface area contributed by atoms with Crippen LogP contribution >= 0.6 is 0 Å². The van der Waals surface area contributed by atoms with Crippen LogP contribution in [0, 0.1) is 0 Å². The number of sulfonamides is 1. The molecule has 0 spiro atoms. The van der Waals surface area contributed by atoms with Gasteiger partial charge >= 0.3 is 0 Å². The molecule has 0 aromatic heterocycles. The number of rotatable bonds is 7. The number of methoxy groups -OCH3 is 2. The van der Waals surface area contributed by atoms with Gasteiger partial charge in [-0.2, -0.15) is 4.31 Å². The van der Waals surface area contributed by atoms with Crippen molar-refractivity contribution in [2.24, 2.45) is 0 Å². The minimum atomic E-state index is -3.61. The van der Waals surface area contributed by atoms with Crippen molar-refractivity contribution >= 4 is 15.8 Å². The lowest BCUT2D eigenvalue weighted by molar-refractivity contribution is -0.917. The first kappa shape index (κ1) is 21.3. The minimum Gasteiger partial charge on any atom is -0.497 e. The van der Waals surface area contributed by atoms with Gasteiger partial charge in [-0.1, -0.05) is 12.1 Å². The highest BCUT2D eigenvalue weighted by atomic mass is 32.2. The lowest BCUT2D eigenvalue weighted by Crippen LogP contribution is -3.13. The third-order valence-electron chi connectivity index (χ3n) is 5.24. The molecule has 1 heterocycles. The van der Waals surface area contributed by atoms with Gasteiger partial charge < -0.3 is 14.4 Å². The topological polar surface area (TPSA) is 77.3 Å². The minimum absolute atomic E-state index is 0.149. The van der Waals surface area contributed by atoms with E-state index in [1.807, 2.05) is 18.2 Å². The Kier molecular flexibility index (Phi) is 6.56. The highest BCUT2D eigenvalue weighted by molar-refractivity contribution is 7.89. The Balaban J connectivity index is 1.69. The molecule has 2 aromatic carbocycles. The van der Waals surface area contributed by atoms with Gasteiger partial charge in [-0.3, -0.25) is 4.79 Å². The van der Waals surface area contributed by atoms with Crippen molar-refractivity contribution in [1.29, 1.82) is 0 Å². The molecule has 1 fully saturated rings. The predicted molar refractivity (Wildman–Crippen MR) is 109 cm³/mol. The zero-order valence-electron chi connectivity index (χ0n) is 17.0. The number of ketones is 1. The number of ether oxygens (including phenoxy) is 2. The Hall–Kier alpha value is -2.42. The van der Waals surface area contributed by atoms with Crippen LogP contribution < -0.4 is 14.4 Å². The number of Topliss-reactive ketones (excluding diaryl/α,β-unsaturated/α-hetero) is 1. The molecule has 29 heavy (non-hydrogen) atoms. The molecule has 1 saturated heterocycles. The summed E-state index contributed by atoms with van der Waals surface area (Å²) in [6, 6.07) is 11.9. The van der Waals surface area contributed by atoms with Gasteiger partial charge in [0.15, 0.2) is 5.78 Å². The maximum Gasteiger partial charge on any atom is 0.243 e. The summed E-state index contributed by atoms with van der Waals surface area (Å²) < 4.78 is 38.2. The second kappa shape index (κ2) is 8.94. The van der Waals surface area contributed by atoms with E-state index in [1.54, 1.807) is 32.4 Å². The fraction of sp³-hybridized carbons (Fsp3) is 0.381. The molecule has 3 rings (SSSR count). The Morgan fingerprint density at radius 3 is 2.41 bits per heavy atom. The number of hydrogen-bond acceptors (Lipinski definition) is 5. The highest BCUT2D eigenvalue weighted by Crippen LogP contribution is 2.23. The molecule has 2 aromatic rings. The third-order valence-corrected chi connectivity index (χ3v) is 7.13. The lowest BCUT2D eigenvalue weighted by atomic mass is 10.1. The summed E-state index contributed by atoms with van der Waals surface area (Å²) in [5, 5.41) is 0. The van der Waals surface area contributed by atoms with Crippen LogP contribution in [0.4, 0.5) is 0 Å². The number of hydrogen-bond donors (Lipinski definition) is 1. The SMILES string of the molecule is COc1ccc(OC)c(C[NH+]2CCN(S(=O)(=O)c3cccc(C(C)=O)c3)CC2)c1. The quantitative estimate of drug-likeness (QED) is 0.678. The molecular formula is C21H27N2O5S+. The highest BCUT2D eigenvalue weighted by Gasteiger charge is 2.31. The Bertz CT molecular complexity index is 982. The molecule has 1 aliphatic rings.